The summed E-state index contributed by atoms with van der Waals surface area (Å²) in [5, 5.41) is 0. The quantitative estimate of drug-likeness (QED) is 0.564. The van der Waals surface area contributed by atoms with Crippen LogP contribution in [0.25, 0.3) is 0 Å². The van der Waals surface area contributed by atoms with E-state index in [2.05, 4.69) is 27.7 Å². The second kappa shape index (κ2) is 8.59. The van der Waals surface area contributed by atoms with Crippen LogP contribution in [-0.2, 0) is 0 Å². The van der Waals surface area contributed by atoms with Crippen molar-refractivity contribution in [2.75, 3.05) is 0 Å². The fourth-order valence-corrected chi connectivity index (χ4v) is 2.03. The molecular weight excluding hydrogens is 156 g/mol. The first-order valence-corrected chi connectivity index (χ1v) is 6.24. The molecule has 0 heteroatoms. The van der Waals surface area contributed by atoms with E-state index in [1.54, 1.807) is 0 Å². The first-order chi connectivity index (χ1) is 6.24. The van der Waals surface area contributed by atoms with Crippen molar-refractivity contribution in [2.24, 2.45) is 11.8 Å². The molecular formula is C13H28. The minimum atomic E-state index is 1.02. The average Bonchev–Trinajstić information content (AvgIpc) is 2.11. The van der Waals surface area contributed by atoms with Crippen LogP contribution >= 0.6 is 0 Å². The molecule has 0 heterocycles. The molecule has 80 valence electrons. The summed E-state index contributed by atoms with van der Waals surface area (Å²) < 4.78 is 0. The molecule has 1 saturated carbocycles. The van der Waals surface area contributed by atoms with E-state index in [-0.39, 0.29) is 0 Å². The average molecular weight is 184 g/mol. The minimum Gasteiger partial charge on any atom is -0.0656 e. The molecule has 0 radical (unpaired) electrons. The Balaban J connectivity index is 0.000000424. The Labute approximate surface area is 85.1 Å². The van der Waals surface area contributed by atoms with Gasteiger partial charge in [0.05, 0.1) is 0 Å². The zero-order valence-electron chi connectivity index (χ0n) is 10.1. The lowest BCUT2D eigenvalue weighted by Crippen LogP contribution is -2.11. The fourth-order valence-electron chi connectivity index (χ4n) is 2.03. The van der Waals surface area contributed by atoms with Crippen molar-refractivity contribution in [3.05, 3.63) is 0 Å². The Hall–Kier alpha value is 0. The van der Waals surface area contributed by atoms with Crippen molar-refractivity contribution in [2.45, 2.75) is 72.6 Å². The predicted molar refractivity (Wildman–Crippen MR) is 62.0 cm³/mol. The zero-order valence-corrected chi connectivity index (χ0v) is 10.1. The molecule has 0 amide bonds. The van der Waals surface area contributed by atoms with Gasteiger partial charge in [-0.15, -0.1) is 0 Å². The minimum absolute atomic E-state index is 1.02. The van der Waals surface area contributed by atoms with E-state index in [0.717, 1.165) is 11.8 Å². The summed E-state index contributed by atoms with van der Waals surface area (Å²) in [6.45, 7) is 8.94. The van der Waals surface area contributed by atoms with Crippen molar-refractivity contribution < 1.29 is 0 Å². The van der Waals surface area contributed by atoms with Gasteiger partial charge < -0.3 is 0 Å². The van der Waals surface area contributed by atoms with Crippen molar-refractivity contribution in [1.29, 1.82) is 0 Å². The predicted octanol–water partition coefficient (Wildman–Crippen LogP) is 5.03. The van der Waals surface area contributed by atoms with Gasteiger partial charge in [-0.3, -0.25) is 0 Å². The van der Waals surface area contributed by atoms with Gasteiger partial charge in [0.25, 0.3) is 0 Å². The summed E-state index contributed by atoms with van der Waals surface area (Å²) in [4.78, 5) is 0. The molecule has 0 saturated heterocycles. The highest BCUT2D eigenvalue weighted by atomic mass is 14.2. The maximum Gasteiger partial charge on any atom is -0.0414 e. The van der Waals surface area contributed by atoms with Crippen LogP contribution in [0.4, 0.5) is 0 Å². The van der Waals surface area contributed by atoms with E-state index in [1.165, 1.54) is 44.9 Å². The lowest BCUT2D eigenvalue weighted by atomic mass is 9.81. The molecule has 0 aromatic carbocycles. The van der Waals surface area contributed by atoms with Gasteiger partial charge in [0.2, 0.25) is 0 Å². The van der Waals surface area contributed by atoms with Crippen LogP contribution in [0.5, 0.6) is 0 Å². The summed E-state index contributed by atoms with van der Waals surface area (Å²) in [5.74, 6) is 2.11. The summed E-state index contributed by atoms with van der Waals surface area (Å²) in [6, 6.07) is 0. The van der Waals surface area contributed by atoms with Crippen LogP contribution in [0.2, 0.25) is 0 Å². The number of hydrogen-bond donors (Lipinski definition) is 0. The smallest absolute Gasteiger partial charge is 0.0414 e. The highest BCUT2D eigenvalue weighted by Crippen LogP contribution is 2.30. The maximum atomic E-state index is 2.39. The first kappa shape index (κ1) is 13.0. The van der Waals surface area contributed by atoms with Crippen LogP contribution in [-0.4, -0.2) is 0 Å². The molecule has 13 heavy (non-hydrogen) atoms. The van der Waals surface area contributed by atoms with E-state index in [0.29, 0.717) is 0 Å². The molecule has 0 bridgehead atoms. The van der Waals surface area contributed by atoms with E-state index >= 15 is 0 Å². The first-order valence-electron chi connectivity index (χ1n) is 6.24. The third-order valence-corrected chi connectivity index (χ3v) is 2.83. The van der Waals surface area contributed by atoms with Crippen molar-refractivity contribution in [3.63, 3.8) is 0 Å². The topological polar surface area (TPSA) is 0 Å². The second-order valence-corrected chi connectivity index (χ2v) is 4.62. The highest BCUT2D eigenvalue weighted by Gasteiger charge is 2.16. The molecule has 0 nitrogen and oxygen atoms in total. The van der Waals surface area contributed by atoms with E-state index in [1.807, 2.05) is 0 Å². The molecule has 0 N–H and O–H groups in total. The van der Waals surface area contributed by atoms with Crippen molar-refractivity contribution in [3.8, 4) is 0 Å². The van der Waals surface area contributed by atoms with Gasteiger partial charge in [0, 0.05) is 0 Å². The standard InChI is InChI=1S/C10H20.C3H8/c1-3-4-10-7-5-9(2)6-8-10;1-3-2/h9-10H,3-8H2,1-2H3;3H2,1-2H3. The van der Waals surface area contributed by atoms with Gasteiger partial charge in [0.15, 0.2) is 0 Å². The lowest BCUT2D eigenvalue weighted by Gasteiger charge is -2.25. The van der Waals surface area contributed by atoms with Crippen molar-refractivity contribution >= 4 is 0 Å². The SMILES string of the molecule is CCC.CCCC1CCC(C)CC1. The van der Waals surface area contributed by atoms with Gasteiger partial charge in [-0.05, 0) is 11.8 Å². The van der Waals surface area contributed by atoms with E-state index in [9.17, 15) is 0 Å². The van der Waals surface area contributed by atoms with Crippen LogP contribution in [0.3, 0.4) is 0 Å². The number of hydrogen-bond acceptors (Lipinski definition) is 0. The van der Waals surface area contributed by atoms with Gasteiger partial charge in [-0.2, -0.15) is 0 Å². The molecule has 0 aromatic rings. The van der Waals surface area contributed by atoms with Crippen LogP contribution in [0.1, 0.15) is 72.6 Å². The third-order valence-electron chi connectivity index (χ3n) is 2.83. The monoisotopic (exact) mass is 184 g/mol. The fraction of sp³-hybridized carbons (Fsp3) is 1.00. The van der Waals surface area contributed by atoms with Gasteiger partial charge in [-0.1, -0.05) is 72.6 Å². The number of rotatable bonds is 2. The molecule has 0 unspecified atom stereocenters. The zero-order chi connectivity index (χ0) is 10.1. The summed E-state index contributed by atoms with van der Waals surface area (Å²) in [5.41, 5.74) is 0. The van der Waals surface area contributed by atoms with Crippen LogP contribution in [0.15, 0.2) is 0 Å². The second-order valence-electron chi connectivity index (χ2n) is 4.62. The Bertz CT molecular complexity index is 88.2. The maximum absolute atomic E-state index is 2.39. The van der Waals surface area contributed by atoms with Crippen LogP contribution < -0.4 is 0 Å². The lowest BCUT2D eigenvalue weighted by molar-refractivity contribution is 0.276. The molecule has 0 spiro atoms. The molecule has 1 fully saturated rings. The van der Waals surface area contributed by atoms with E-state index in [4.69, 9.17) is 0 Å². The molecule has 1 aliphatic rings. The highest BCUT2D eigenvalue weighted by molar-refractivity contribution is 4.69. The van der Waals surface area contributed by atoms with Gasteiger partial charge in [0.1, 0.15) is 0 Å². The van der Waals surface area contributed by atoms with Gasteiger partial charge >= 0.3 is 0 Å². The molecule has 0 atom stereocenters. The van der Waals surface area contributed by atoms with Crippen molar-refractivity contribution in [1.82, 2.24) is 0 Å². The Morgan fingerprint density at radius 1 is 0.923 bits per heavy atom. The van der Waals surface area contributed by atoms with E-state index < -0.39 is 0 Å². The molecule has 0 aliphatic heterocycles. The van der Waals surface area contributed by atoms with Gasteiger partial charge in [-0.25, -0.2) is 0 Å². The largest absolute Gasteiger partial charge is 0.0656 e. The molecule has 1 aliphatic carbocycles. The summed E-state index contributed by atoms with van der Waals surface area (Å²) >= 11 is 0. The molecule has 1 rings (SSSR count). The normalized spacial score (nSPS) is 27.7. The summed E-state index contributed by atoms with van der Waals surface area (Å²) in [6.07, 6.45) is 10.1. The Morgan fingerprint density at radius 3 is 1.77 bits per heavy atom. The molecule has 0 aromatic heterocycles. The Morgan fingerprint density at radius 2 is 1.38 bits per heavy atom. The summed E-state index contributed by atoms with van der Waals surface area (Å²) in [7, 11) is 0. The van der Waals surface area contributed by atoms with Crippen LogP contribution in [0, 0.1) is 11.8 Å². The third kappa shape index (κ3) is 7.10. The Kier molecular flexibility index (Phi) is 8.59.